The van der Waals surface area contributed by atoms with Crippen molar-refractivity contribution in [3.63, 3.8) is 0 Å². The van der Waals surface area contributed by atoms with Crippen LogP contribution in [0, 0.1) is 0 Å². The number of hydrogen-bond donors (Lipinski definition) is 0. The molecule has 2 aromatic rings. The van der Waals surface area contributed by atoms with Crippen molar-refractivity contribution in [3.8, 4) is 11.5 Å². The third kappa shape index (κ3) is 4.28. The van der Waals surface area contributed by atoms with Crippen LogP contribution in [0.1, 0.15) is 26.5 Å². The highest BCUT2D eigenvalue weighted by molar-refractivity contribution is 7.14. The van der Waals surface area contributed by atoms with E-state index in [9.17, 15) is 4.79 Å². The molecule has 5 nitrogen and oxygen atoms in total. The van der Waals surface area contributed by atoms with Gasteiger partial charge in [0.25, 0.3) is 5.91 Å². The highest BCUT2D eigenvalue weighted by Crippen LogP contribution is 2.31. The van der Waals surface area contributed by atoms with Gasteiger partial charge in [-0.1, -0.05) is 0 Å². The molecule has 2 aliphatic rings. The number of piperazine rings is 1. The molecule has 0 spiro atoms. The van der Waals surface area contributed by atoms with Gasteiger partial charge in [0, 0.05) is 37.6 Å². The second-order valence-electron chi connectivity index (χ2n) is 7.07. The third-order valence-corrected chi connectivity index (χ3v) is 6.58. The molecule has 0 unspecified atom stereocenters. The zero-order chi connectivity index (χ0) is 18.6. The van der Waals surface area contributed by atoms with Crippen LogP contribution >= 0.6 is 11.3 Å². The lowest BCUT2D eigenvalue weighted by atomic mass is 10.2. The average molecular weight is 387 g/mol. The number of carbonyl (C=O) groups excluding carboxylic acids is 1. The zero-order valence-electron chi connectivity index (χ0n) is 15.8. The molecule has 1 aromatic carbocycles. The number of amides is 1. The highest BCUT2D eigenvalue weighted by Gasteiger charge is 2.25. The lowest BCUT2D eigenvalue weighted by molar-refractivity contribution is 0.0625. The van der Waals surface area contributed by atoms with Gasteiger partial charge in [-0.2, -0.15) is 0 Å². The zero-order valence-corrected chi connectivity index (χ0v) is 16.6. The summed E-state index contributed by atoms with van der Waals surface area (Å²) < 4.78 is 11.0. The fraction of sp³-hybridized carbons (Fsp3) is 0.476. The van der Waals surface area contributed by atoms with Crippen molar-refractivity contribution in [2.75, 3.05) is 46.4 Å². The number of rotatable bonds is 6. The third-order valence-electron chi connectivity index (χ3n) is 5.35. The largest absolute Gasteiger partial charge is 0.497 e. The molecule has 0 saturated carbocycles. The van der Waals surface area contributed by atoms with E-state index in [1.165, 1.54) is 16.9 Å². The normalized spacial score (nSPS) is 17.0. The van der Waals surface area contributed by atoms with Crippen LogP contribution in [-0.2, 0) is 12.8 Å². The molecule has 4 rings (SSSR count). The van der Waals surface area contributed by atoms with Crippen LogP contribution in [-0.4, -0.2) is 62.1 Å². The van der Waals surface area contributed by atoms with Gasteiger partial charge in [0.1, 0.15) is 18.1 Å². The van der Waals surface area contributed by atoms with Crippen LogP contribution in [0.4, 0.5) is 0 Å². The molecule has 0 N–H and O–H groups in total. The van der Waals surface area contributed by atoms with E-state index < -0.39 is 0 Å². The van der Waals surface area contributed by atoms with E-state index in [1.54, 1.807) is 18.4 Å². The minimum Gasteiger partial charge on any atom is -0.497 e. The second kappa shape index (κ2) is 8.31. The van der Waals surface area contributed by atoms with Crippen molar-refractivity contribution in [1.82, 2.24) is 9.80 Å². The molecule has 0 radical (unpaired) electrons. The topological polar surface area (TPSA) is 42.0 Å². The van der Waals surface area contributed by atoms with Gasteiger partial charge in [0.2, 0.25) is 0 Å². The number of fused-ring (bicyclic) bond motifs is 1. The van der Waals surface area contributed by atoms with Gasteiger partial charge in [0.15, 0.2) is 0 Å². The summed E-state index contributed by atoms with van der Waals surface area (Å²) in [5.41, 5.74) is 1.40. The summed E-state index contributed by atoms with van der Waals surface area (Å²) in [6.45, 7) is 4.93. The van der Waals surface area contributed by atoms with Gasteiger partial charge in [-0.25, -0.2) is 0 Å². The van der Waals surface area contributed by atoms with Gasteiger partial charge in [-0.05, 0) is 55.2 Å². The van der Waals surface area contributed by atoms with Crippen LogP contribution in [0.5, 0.6) is 11.5 Å². The first kappa shape index (κ1) is 18.3. The van der Waals surface area contributed by atoms with E-state index in [0.29, 0.717) is 6.61 Å². The Balaban J connectivity index is 1.21. The molecular formula is C21H26N2O3S. The quantitative estimate of drug-likeness (QED) is 0.765. The molecule has 1 aliphatic heterocycles. The fourth-order valence-electron chi connectivity index (χ4n) is 3.73. The molecule has 0 atom stereocenters. The van der Waals surface area contributed by atoms with Crippen molar-refractivity contribution in [2.45, 2.75) is 19.3 Å². The van der Waals surface area contributed by atoms with Gasteiger partial charge >= 0.3 is 0 Å². The first-order chi connectivity index (χ1) is 13.2. The second-order valence-corrected chi connectivity index (χ2v) is 8.21. The average Bonchev–Trinajstić information content (AvgIpc) is 3.31. The van der Waals surface area contributed by atoms with E-state index in [4.69, 9.17) is 9.47 Å². The minimum absolute atomic E-state index is 0.212. The number of methoxy groups -OCH3 is 1. The monoisotopic (exact) mass is 386 g/mol. The Morgan fingerprint density at radius 2 is 1.81 bits per heavy atom. The molecule has 1 aliphatic carbocycles. The first-order valence-electron chi connectivity index (χ1n) is 9.63. The maximum Gasteiger partial charge on any atom is 0.264 e. The lowest BCUT2D eigenvalue weighted by Crippen LogP contribution is -2.49. The Morgan fingerprint density at radius 3 is 2.52 bits per heavy atom. The Morgan fingerprint density at radius 1 is 1.07 bits per heavy atom. The summed E-state index contributed by atoms with van der Waals surface area (Å²) in [6.07, 6.45) is 3.53. The van der Waals surface area contributed by atoms with Crippen molar-refractivity contribution >= 4 is 17.2 Å². The number of carbonyl (C=O) groups is 1. The Hall–Kier alpha value is -2.05. The number of hydrogen-bond acceptors (Lipinski definition) is 5. The van der Waals surface area contributed by atoms with Crippen molar-refractivity contribution in [3.05, 3.63) is 45.6 Å². The number of thiophene rings is 1. The number of aryl methyl sites for hydroxylation is 2. The van der Waals surface area contributed by atoms with E-state index in [-0.39, 0.29) is 5.91 Å². The summed E-state index contributed by atoms with van der Waals surface area (Å²) in [7, 11) is 1.66. The molecule has 144 valence electrons. The van der Waals surface area contributed by atoms with E-state index in [1.807, 2.05) is 29.2 Å². The van der Waals surface area contributed by atoms with Crippen molar-refractivity contribution < 1.29 is 14.3 Å². The van der Waals surface area contributed by atoms with Gasteiger partial charge in [-0.15, -0.1) is 11.3 Å². The highest BCUT2D eigenvalue weighted by atomic mass is 32.1. The summed E-state index contributed by atoms with van der Waals surface area (Å²) in [4.78, 5) is 19.5. The van der Waals surface area contributed by atoms with E-state index >= 15 is 0 Å². The Bertz CT molecular complexity index is 758. The molecule has 2 heterocycles. The van der Waals surface area contributed by atoms with Crippen LogP contribution in [0.2, 0.25) is 0 Å². The van der Waals surface area contributed by atoms with E-state index in [0.717, 1.165) is 61.9 Å². The van der Waals surface area contributed by atoms with Crippen LogP contribution in [0.25, 0.3) is 0 Å². The SMILES string of the molecule is COc1ccc(OCCN2CCN(C(=O)c3cc4c(s3)CCC4)CC2)cc1. The maximum atomic E-state index is 12.7. The molecule has 1 aromatic heterocycles. The standard InChI is InChI=1S/C21H26N2O3S/c1-25-17-5-7-18(8-6-17)26-14-13-22-9-11-23(12-10-22)21(24)20-15-16-3-2-4-19(16)27-20/h5-8,15H,2-4,9-14H2,1H3. The van der Waals surface area contributed by atoms with Crippen molar-refractivity contribution in [1.29, 1.82) is 0 Å². The summed E-state index contributed by atoms with van der Waals surface area (Å²) in [5, 5.41) is 0. The number of benzene rings is 1. The predicted molar refractivity (Wildman–Crippen MR) is 107 cm³/mol. The van der Waals surface area contributed by atoms with Gasteiger partial charge in [-0.3, -0.25) is 9.69 Å². The van der Waals surface area contributed by atoms with Gasteiger partial charge in [0.05, 0.1) is 12.0 Å². The predicted octanol–water partition coefficient (Wildman–Crippen LogP) is 3.08. The molecule has 1 amide bonds. The summed E-state index contributed by atoms with van der Waals surface area (Å²) >= 11 is 1.70. The molecular weight excluding hydrogens is 360 g/mol. The number of ether oxygens (including phenoxy) is 2. The Kier molecular flexibility index (Phi) is 5.64. The van der Waals surface area contributed by atoms with Crippen molar-refractivity contribution in [2.24, 2.45) is 0 Å². The van der Waals surface area contributed by atoms with Crippen LogP contribution < -0.4 is 9.47 Å². The van der Waals surface area contributed by atoms with E-state index in [2.05, 4.69) is 11.0 Å². The summed E-state index contributed by atoms with van der Waals surface area (Å²) in [6, 6.07) is 9.78. The number of nitrogens with zero attached hydrogens (tertiary/aromatic N) is 2. The first-order valence-corrected chi connectivity index (χ1v) is 10.4. The van der Waals surface area contributed by atoms with Crippen LogP contribution in [0.15, 0.2) is 30.3 Å². The molecule has 1 saturated heterocycles. The molecule has 27 heavy (non-hydrogen) atoms. The molecule has 1 fully saturated rings. The Labute approximate surface area is 164 Å². The van der Waals surface area contributed by atoms with Crippen LogP contribution in [0.3, 0.4) is 0 Å². The summed E-state index contributed by atoms with van der Waals surface area (Å²) in [5.74, 6) is 1.90. The molecule has 0 bridgehead atoms. The fourth-order valence-corrected chi connectivity index (χ4v) is 4.95. The smallest absolute Gasteiger partial charge is 0.264 e. The molecule has 6 heteroatoms. The minimum atomic E-state index is 0.212. The maximum absolute atomic E-state index is 12.7. The van der Waals surface area contributed by atoms with Gasteiger partial charge < -0.3 is 14.4 Å². The lowest BCUT2D eigenvalue weighted by Gasteiger charge is -2.34.